The van der Waals surface area contributed by atoms with Crippen LogP contribution in [0.2, 0.25) is 5.02 Å². The van der Waals surface area contributed by atoms with Crippen molar-refractivity contribution in [2.24, 2.45) is 15.3 Å². The van der Waals surface area contributed by atoms with E-state index in [2.05, 4.69) is 15.3 Å². The number of para-hydroxylation sites is 2. The van der Waals surface area contributed by atoms with Crippen molar-refractivity contribution in [1.29, 1.82) is 0 Å². The number of amidine groups is 1. The van der Waals surface area contributed by atoms with Gasteiger partial charge in [0.25, 0.3) is 5.71 Å². The van der Waals surface area contributed by atoms with Gasteiger partial charge in [0.2, 0.25) is 11.5 Å². The molecule has 0 aromatic heterocycles. The molecule has 7 heteroatoms. The van der Waals surface area contributed by atoms with Gasteiger partial charge in [0.15, 0.2) is 0 Å². The normalized spacial score (nSPS) is 16.6. The first-order valence-corrected chi connectivity index (χ1v) is 7.55. The molecule has 2 heterocycles. The second-order valence-corrected chi connectivity index (χ2v) is 5.55. The number of benzene rings is 2. The summed E-state index contributed by atoms with van der Waals surface area (Å²) in [5.41, 5.74) is 2.36. The molecule has 0 bridgehead atoms. The lowest BCUT2D eigenvalue weighted by Crippen LogP contribution is -2.40. The van der Waals surface area contributed by atoms with Crippen LogP contribution in [0.3, 0.4) is 0 Å². The number of aliphatic imine (C=N–C) groups is 1. The number of hydrogen-bond acceptors (Lipinski definition) is 5. The van der Waals surface area contributed by atoms with Crippen LogP contribution >= 0.6 is 11.6 Å². The fraction of sp³-hybridized carbons (Fsp3) is 0.125. The van der Waals surface area contributed by atoms with E-state index in [1.165, 1.54) is 0 Å². The topological polar surface area (TPSA) is 66.4 Å². The van der Waals surface area contributed by atoms with Crippen molar-refractivity contribution in [2.75, 3.05) is 18.1 Å². The van der Waals surface area contributed by atoms with Gasteiger partial charge in [0.1, 0.15) is 5.69 Å². The minimum absolute atomic E-state index is 0.446. The third kappa shape index (κ3) is 2.27. The first-order chi connectivity index (χ1) is 11.3. The van der Waals surface area contributed by atoms with E-state index in [1.54, 1.807) is 35.3 Å². The minimum atomic E-state index is 0.446. The first-order valence-electron chi connectivity index (χ1n) is 7.17. The Morgan fingerprint density at radius 2 is 1.83 bits per heavy atom. The molecule has 114 valence electrons. The molecule has 0 aliphatic carbocycles. The molecule has 0 fully saturated rings. The number of nitrogens with zero attached hydrogens (tertiary/aromatic N) is 5. The summed E-state index contributed by atoms with van der Waals surface area (Å²) in [7, 11) is 0. The molecule has 23 heavy (non-hydrogen) atoms. The van der Waals surface area contributed by atoms with Crippen LogP contribution in [0.5, 0.6) is 0 Å². The fourth-order valence-electron chi connectivity index (χ4n) is 2.64. The van der Waals surface area contributed by atoms with Crippen LogP contribution < -0.4 is 5.01 Å². The maximum Gasteiger partial charge on any atom is 0.269 e. The van der Waals surface area contributed by atoms with Crippen LogP contribution in [-0.4, -0.2) is 29.4 Å². The van der Waals surface area contributed by atoms with E-state index in [1.807, 2.05) is 18.2 Å². The Balaban J connectivity index is 2.00. The van der Waals surface area contributed by atoms with Gasteiger partial charge in [0.05, 0.1) is 18.7 Å². The first kappa shape index (κ1) is 13.9. The van der Waals surface area contributed by atoms with Crippen molar-refractivity contribution in [2.45, 2.75) is 0 Å². The van der Waals surface area contributed by atoms with Gasteiger partial charge < -0.3 is 5.21 Å². The summed E-state index contributed by atoms with van der Waals surface area (Å²) in [4.78, 5) is 4.52. The number of hydrogen-bond donors (Lipinski definition) is 0. The predicted molar refractivity (Wildman–Crippen MR) is 89.8 cm³/mol. The summed E-state index contributed by atoms with van der Waals surface area (Å²) in [6, 6.07) is 14.4. The van der Waals surface area contributed by atoms with Crippen LogP contribution in [-0.2, 0) is 0 Å². The van der Waals surface area contributed by atoms with Gasteiger partial charge in [0, 0.05) is 11.1 Å². The summed E-state index contributed by atoms with van der Waals surface area (Å²) >= 11 is 5.96. The molecule has 2 aromatic rings. The van der Waals surface area contributed by atoms with Crippen molar-refractivity contribution in [1.82, 2.24) is 0 Å². The Labute approximate surface area is 137 Å². The maximum absolute atomic E-state index is 12.9. The average Bonchev–Trinajstić information content (AvgIpc) is 2.83. The largest absolute Gasteiger partial charge is 0.618 e. The Morgan fingerprint density at radius 1 is 1.04 bits per heavy atom. The number of rotatable bonds is 1. The molecule has 0 radical (unpaired) electrons. The summed E-state index contributed by atoms with van der Waals surface area (Å²) in [5.74, 6) is 0.502. The van der Waals surface area contributed by atoms with Crippen molar-refractivity contribution >= 4 is 34.5 Å². The van der Waals surface area contributed by atoms with Crippen molar-refractivity contribution < 1.29 is 4.74 Å². The lowest BCUT2D eigenvalue weighted by Gasteiger charge is -2.26. The van der Waals surface area contributed by atoms with Gasteiger partial charge in [-0.15, -0.1) is 0 Å². The second-order valence-electron chi connectivity index (χ2n) is 5.11. The zero-order valence-corrected chi connectivity index (χ0v) is 12.8. The minimum Gasteiger partial charge on any atom is -0.618 e. The Hall–Kier alpha value is -2.73. The molecule has 4 rings (SSSR count). The summed E-state index contributed by atoms with van der Waals surface area (Å²) in [6.45, 7) is 0.983. The van der Waals surface area contributed by atoms with Gasteiger partial charge >= 0.3 is 0 Å². The third-order valence-corrected chi connectivity index (χ3v) is 3.93. The zero-order valence-electron chi connectivity index (χ0n) is 12.1. The highest BCUT2D eigenvalue weighted by Gasteiger charge is 2.36. The van der Waals surface area contributed by atoms with E-state index in [0.29, 0.717) is 41.0 Å². The van der Waals surface area contributed by atoms with Crippen LogP contribution in [0, 0.1) is 5.21 Å². The lowest BCUT2D eigenvalue weighted by atomic mass is 10.1. The summed E-state index contributed by atoms with van der Waals surface area (Å²) in [5, 5.41) is 23.5. The van der Waals surface area contributed by atoms with Gasteiger partial charge in [-0.1, -0.05) is 29.0 Å². The molecule has 0 saturated heterocycles. The summed E-state index contributed by atoms with van der Waals surface area (Å²) < 4.78 is 0.898. The fourth-order valence-corrected chi connectivity index (χ4v) is 2.76. The Kier molecular flexibility index (Phi) is 3.31. The monoisotopic (exact) mass is 325 g/mol. The summed E-state index contributed by atoms with van der Waals surface area (Å²) in [6.07, 6.45) is 0. The molecule has 2 aliphatic heterocycles. The highest BCUT2D eigenvalue weighted by molar-refractivity contribution is 6.50. The molecule has 0 unspecified atom stereocenters. The zero-order chi connectivity index (χ0) is 15.8. The second kappa shape index (κ2) is 5.48. The molecule has 0 atom stereocenters. The number of anilines is 1. The van der Waals surface area contributed by atoms with E-state index in [4.69, 9.17) is 11.6 Å². The van der Waals surface area contributed by atoms with Crippen molar-refractivity contribution in [3.8, 4) is 0 Å². The molecule has 0 N–H and O–H groups in total. The average molecular weight is 326 g/mol. The highest BCUT2D eigenvalue weighted by Crippen LogP contribution is 2.34. The van der Waals surface area contributed by atoms with Gasteiger partial charge in [-0.3, -0.25) is 4.99 Å². The molecule has 2 aliphatic rings. The lowest BCUT2D eigenvalue weighted by molar-refractivity contribution is -0.358. The molecule has 0 saturated carbocycles. The predicted octanol–water partition coefficient (Wildman–Crippen LogP) is 3.57. The van der Waals surface area contributed by atoms with Crippen LogP contribution in [0.4, 0.5) is 11.4 Å². The molecule has 0 amide bonds. The van der Waals surface area contributed by atoms with Gasteiger partial charge in [-0.05, 0) is 30.3 Å². The van der Waals surface area contributed by atoms with Crippen LogP contribution in [0.15, 0.2) is 63.9 Å². The van der Waals surface area contributed by atoms with E-state index >= 15 is 0 Å². The van der Waals surface area contributed by atoms with Crippen LogP contribution in [0.1, 0.15) is 5.56 Å². The molecule has 6 nitrogen and oxygen atoms in total. The SMILES string of the molecule is [O-][N+]1=C(c2ccc(Cl)cc2)C2=NCCN=NN2c2ccccc21. The highest BCUT2D eigenvalue weighted by atomic mass is 35.5. The smallest absolute Gasteiger partial charge is 0.269 e. The molecular weight excluding hydrogens is 314 g/mol. The van der Waals surface area contributed by atoms with Crippen LogP contribution in [0.25, 0.3) is 0 Å². The standard InChI is InChI=1S/C16H12ClN5O/c17-12-7-5-11(6-8-12)15-16-18-9-10-19-20-21(16)13-3-1-2-4-14(13)22(15)23/h1-8H,9-10H2. The van der Waals surface area contributed by atoms with Crippen molar-refractivity contribution in [3.05, 3.63) is 64.3 Å². The van der Waals surface area contributed by atoms with Gasteiger partial charge in [-0.25, -0.2) is 0 Å². The van der Waals surface area contributed by atoms with Gasteiger partial charge in [-0.2, -0.15) is 14.9 Å². The molecular formula is C16H12ClN5O. The Bertz CT molecular complexity index is 857. The quantitative estimate of drug-likeness (QED) is 0.594. The van der Waals surface area contributed by atoms with E-state index in [0.717, 1.165) is 10.3 Å². The Morgan fingerprint density at radius 3 is 2.65 bits per heavy atom. The molecule has 2 aromatic carbocycles. The van der Waals surface area contributed by atoms with Crippen molar-refractivity contribution in [3.63, 3.8) is 0 Å². The number of fused-ring (bicyclic) bond motifs is 3. The maximum atomic E-state index is 12.9. The molecule has 0 spiro atoms. The third-order valence-electron chi connectivity index (χ3n) is 3.68. The van der Waals surface area contributed by atoms with E-state index < -0.39 is 0 Å². The number of halogens is 1. The van der Waals surface area contributed by atoms with E-state index in [9.17, 15) is 5.21 Å². The van der Waals surface area contributed by atoms with E-state index in [-0.39, 0.29) is 0 Å².